The maximum atomic E-state index is 13.5. The molecule has 0 N–H and O–H groups in total. The lowest BCUT2D eigenvalue weighted by Crippen LogP contribution is -2.52. The summed E-state index contributed by atoms with van der Waals surface area (Å²) in [6.45, 7) is 0. The van der Waals surface area contributed by atoms with Crippen LogP contribution in [0.1, 0.15) is 22.7 Å². The summed E-state index contributed by atoms with van der Waals surface area (Å²) in [7, 11) is 3.26. The van der Waals surface area contributed by atoms with Crippen molar-refractivity contribution in [3.8, 4) is 0 Å². The van der Waals surface area contributed by atoms with Crippen LogP contribution in [0.2, 0.25) is 10.0 Å². The van der Waals surface area contributed by atoms with Gasteiger partial charge in [0.1, 0.15) is 11.9 Å². The summed E-state index contributed by atoms with van der Waals surface area (Å²) in [5, 5.41) is 1.21. The molecule has 30 heavy (non-hydrogen) atoms. The van der Waals surface area contributed by atoms with Gasteiger partial charge in [-0.2, -0.15) is 0 Å². The number of esters is 1. The molecule has 0 aliphatic carbocycles. The molecule has 0 fully saturated rings. The third-order valence-corrected chi connectivity index (χ3v) is 6.00. The Morgan fingerprint density at radius 1 is 0.933 bits per heavy atom. The molecule has 0 spiro atoms. The molecule has 0 amide bonds. The highest BCUT2D eigenvalue weighted by Crippen LogP contribution is 2.49. The zero-order chi connectivity index (χ0) is 21.3. The molecule has 1 aliphatic rings. The van der Waals surface area contributed by atoms with Crippen molar-refractivity contribution in [2.45, 2.75) is 11.6 Å². The van der Waals surface area contributed by atoms with Crippen LogP contribution in [0.3, 0.4) is 0 Å². The van der Waals surface area contributed by atoms with Gasteiger partial charge in [0.25, 0.3) is 0 Å². The molecule has 0 radical (unpaired) electrons. The Morgan fingerprint density at radius 2 is 1.50 bits per heavy atom. The van der Waals surface area contributed by atoms with Gasteiger partial charge in [-0.1, -0.05) is 77.8 Å². The van der Waals surface area contributed by atoms with E-state index in [9.17, 15) is 4.79 Å². The van der Waals surface area contributed by atoms with Crippen molar-refractivity contribution in [3.63, 3.8) is 0 Å². The van der Waals surface area contributed by atoms with Crippen LogP contribution >= 0.6 is 23.2 Å². The number of ether oxygens (including phenoxy) is 1. The van der Waals surface area contributed by atoms with Gasteiger partial charge in [0.2, 0.25) is 0 Å². The fraction of sp³-hybridized carbons (Fsp3) is 0.167. The number of benzene rings is 3. The van der Waals surface area contributed by atoms with Crippen LogP contribution in [0.25, 0.3) is 0 Å². The van der Waals surface area contributed by atoms with Gasteiger partial charge in [-0.15, -0.1) is 0 Å². The zero-order valence-electron chi connectivity index (χ0n) is 16.5. The highest BCUT2D eigenvalue weighted by atomic mass is 35.5. The molecule has 4 nitrogen and oxygen atoms in total. The topological polar surface area (TPSA) is 41.9 Å². The normalized spacial score (nSPS) is 20.7. The van der Waals surface area contributed by atoms with Crippen LogP contribution in [0.5, 0.6) is 0 Å². The summed E-state index contributed by atoms with van der Waals surface area (Å²) >= 11 is 12.3. The summed E-state index contributed by atoms with van der Waals surface area (Å²) in [6.07, 6.45) is 0. The number of nitrogens with zero attached hydrogens (tertiary/aromatic N) is 2. The van der Waals surface area contributed by atoms with Crippen molar-refractivity contribution in [2.75, 3.05) is 14.2 Å². The molecule has 4 rings (SSSR count). The van der Waals surface area contributed by atoms with Crippen molar-refractivity contribution >= 4 is 35.0 Å². The van der Waals surface area contributed by atoms with Crippen molar-refractivity contribution in [3.05, 3.63) is 106 Å². The summed E-state index contributed by atoms with van der Waals surface area (Å²) in [5.74, 6) is 0.304. The average molecular weight is 439 g/mol. The smallest absolute Gasteiger partial charge is 0.339 e. The van der Waals surface area contributed by atoms with E-state index >= 15 is 0 Å². The van der Waals surface area contributed by atoms with E-state index in [1.165, 1.54) is 7.11 Å². The maximum Gasteiger partial charge on any atom is 0.339 e. The summed E-state index contributed by atoms with van der Waals surface area (Å²) < 4.78 is 5.34. The summed E-state index contributed by atoms with van der Waals surface area (Å²) in [4.78, 5) is 20.4. The van der Waals surface area contributed by atoms with Gasteiger partial charge < -0.3 is 9.64 Å². The summed E-state index contributed by atoms with van der Waals surface area (Å²) in [6, 6.07) is 23.9. The van der Waals surface area contributed by atoms with E-state index in [0.29, 0.717) is 15.9 Å². The van der Waals surface area contributed by atoms with E-state index in [1.807, 2.05) is 66.5 Å². The van der Waals surface area contributed by atoms with E-state index in [-0.39, 0.29) is 0 Å². The first kappa shape index (κ1) is 20.5. The largest absolute Gasteiger partial charge is 0.467 e. The number of methoxy groups -OCH3 is 1. The van der Waals surface area contributed by atoms with Crippen LogP contribution < -0.4 is 0 Å². The van der Waals surface area contributed by atoms with Gasteiger partial charge in [0, 0.05) is 22.7 Å². The second-order valence-electron chi connectivity index (χ2n) is 7.10. The molecule has 6 heteroatoms. The number of halogens is 2. The second kappa shape index (κ2) is 8.13. The SMILES string of the molecule is COC(=O)[C@]1(c2ccc(Cl)cc2)[C@@H](c2ccc(Cl)cc2)N=C(c2ccccc2)N1C. The van der Waals surface area contributed by atoms with Crippen LogP contribution in [-0.4, -0.2) is 30.9 Å². The Kier molecular flexibility index (Phi) is 5.54. The number of aliphatic imine (C=N–C) groups is 1. The van der Waals surface area contributed by atoms with Crippen molar-refractivity contribution in [2.24, 2.45) is 4.99 Å². The Morgan fingerprint density at radius 3 is 2.07 bits per heavy atom. The molecule has 3 aromatic rings. The van der Waals surface area contributed by atoms with Crippen molar-refractivity contribution in [1.82, 2.24) is 4.90 Å². The molecule has 1 heterocycles. The Hall–Kier alpha value is -2.82. The highest BCUT2D eigenvalue weighted by molar-refractivity contribution is 6.30. The van der Waals surface area contributed by atoms with Gasteiger partial charge in [-0.3, -0.25) is 4.99 Å². The molecule has 0 unspecified atom stereocenters. The molecular weight excluding hydrogens is 419 g/mol. The Bertz CT molecular complexity index is 1080. The van der Waals surface area contributed by atoms with Crippen molar-refractivity contribution < 1.29 is 9.53 Å². The molecule has 0 saturated carbocycles. The van der Waals surface area contributed by atoms with Crippen LogP contribution in [0.4, 0.5) is 0 Å². The number of carbonyl (C=O) groups is 1. The van der Waals surface area contributed by atoms with Crippen molar-refractivity contribution in [1.29, 1.82) is 0 Å². The number of hydrogen-bond donors (Lipinski definition) is 0. The standard InChI is InChI=1S/C24H20Cl2N2O2/c1-28-22(17-6-4-3-5-7-17)27-21(16-8-12-19(25)13-9-16)24(28,23(29)30-2)18-10-14-20(26)15-11-18/h3-15,21H,1-2H3/t21-,24+/m1/s1. The number of amidine groups is 1. The number of hydrogen-bond acceptors (Lipinski definition) is 4. The molecule has 0 aromatic heterocycles. The van der Waals surface area contributed by atoms with Crippen LogP contribution in [0, 0.1) is 0 Å². The molecule has 152 valence electrons. The quantitative estimate of drug-likeness (QED) is 0.505. The average Bonchev–Trinajstić information content (AvgIpc) is 3.08. The lowest BCUT2D eigenvalue weighted by Gasteiger charge is -2.39. The van der Waals surface area contributed by atoms with E-state index in [0.717, 1.165) is 16.7 Å². The van der Waals surface area contributed by atoms with E-state index in [2.05, 4.69) is 0 Å². The number of rotatable bonds is 4. The molecule has 0 bridgehead atoms. The van der Waals surface area contributed by atoms with E-state index in [4.69, 9.17) is 32.9 Å². The first-order chi connectivity index (χ1) is 14.5. The predicted octanol–water partition coefficient (Wildman–Crippen LogP) is 5.50. The Balaban J connectivity index is 1.98. The predicted molar refractivity (Wildman–Crippen MR) is 120 cm³/mol. The molecular formula is C24H20Cl2N2O2. The number of likely N-dealkylation sites (N-methyl/N-ethyl adjacent to an activating group) is 1. The minimum Gasteiger partial charge on any atom is -0.467 e. The molecule has 2 atom stereocenters. The highest BCUT2D eigenvalue weighted by Gasteiger charge is 2.57. The lowest BCUT2D eigenvalue weighted by molar-refractivity contribution is -0.153. The second-order valence-corrected chi connectivity index (χ2v) is 7.97. The Labute approximate surface area is 185 Å². The van der Waals surface area contributed by atoms with Crippen LogP contribution in [0.15, 0.2) is 83.9 Å². The lowest BCUT2D eigenvalue weighted by atomic mass is 9.79. The van der Waals surface area contributed by atoms with Gasteiger partial charge in [0.15, 0.2) is 5.54 Å². The first-order valence-corrected chi connectivity index (χ1v) is 10.2. The maximum absolute atomic E-state index is 13.5. The van der Waals surface area contributed by atoms with Crippen LogP contribution in [-0.2, 0) is 15.1 Å². The minimum atomic E-state index is -1.20. The summed E-state index contributed by atoms with van der Waals surface area (Å²) in [5.41, 5.74) is 1.32. The van der Waals surface area contributed by atoms with Gasteiger partial charge in [-0.05, 0) is 35.4 Å². The minimum absolute atomic E-state index is 0.401. The molecule has 3 aromatic carbocycles. The monoisotopic (exact) mass is 438 g/mol. The molecule has 1 aliphatic heterocycles. The number of carbonyl (C=O) groups excluding carboxylic acids is 1. The van der Waals surface area contributed by atoms with E-state index < -0.39 is 17.6 Å². The fourth-order valence-corrected chi connectivity index (χ4v) is 4.30. The first-order valence-electron chi connectivity index (χ1n) is 9.45. The van der Waals surface area contributed by atoms with Gasteiger partial charge in [0.05, 0.1) is 7.11 Å². The van der Waals surface area contributed by atoms with Gasteiger partial charge in [-0.25, -0.2) is 4.79 Å². The zero-order valence-corrected chi connectivity index (χ0v) is 18.1. The fourth-order valence-electron chi connectivity index (χ4n) is 4.05. The van der Waals surface area contributed by atoms with Gasteiger partial charge >= 0.3 is 5.97 Å². The molecule has 0 saturated heterocycles. The third-order valence-electron chi connectivity index (χ3n) is 5.49. The van der Waals surface area contributed by atoms with E-state index in [1.54, 1.807) is 24.3 Å². The third kappa shape index (κ3) is 3.26.